The molecule has 0 aliphatic heterocycles. The minimum Gasteiger partial charge on any atom is -0.480 e. The summed E-state index contributed by atoms with van der Waals surface area (Å²) < 4.78 is 5.15. The number of rotatable bonds is 11. The Labute approximate surface area is 164 Å². The second-order valence-electron chi connectivity index (χ2n) is 6.57. The van der Waals surface area contributed by atoms with Gasteiger partial charge in [0.2, 0.25) is 5.91 Å². The van der Waals surface area contributed by atoms with E-state index in [-0.39, 0.29) is 12.5 Å². The molecule has 8 heteroatoms. The predicted octanol–water partition coefficient (Wildman–Crippen LogP) is 2.65. The van der Waals surface area contributed by atoms with E-state index >= 15 is 0 Å². The van der Waals surface area contributed by atoms with Crippen LogP contribution in [0, 0.1) is 5.92 Å². The van der Waals surface area contributed by atoms with Crippen LogP contribution >= 0.6 is 11.8 Å². The second-order valence-corrected chi connectivity index (χ2v) is 7.55. The highest BCUT2D eigenvalue weighted by atomic mass is 32.2. The summed E-state index contributed by atoms with van der Waals surface area (Å²) in [4.78, 5) is 35.9. The monoisotopic (exact) mass is 396 g/mol. The molecule has 0 aromatic heterocycles. The minimum absolute atomic E-state index is 0.0919. The molecule has 0 saturated heterocycles. The molecule has 0 spiro atoms. The van der Waals surface area contributed by atoms with Gasteiger partial charge in [-0.2, -0.15) is 11.8 Å². The average molecular weight is 397 g/mol. The van der Waals surface area contributed by atoms with Gasteiger partial charge in [0.25, 0.3) is 0 Å². The number of amides is 2. The zero-order valence-corrected chi connectivity index (χ0v) is 16.8. The van der Waals surface area contributed by atoms with Crippen LogP contribution in [0.25, 0.3) is 0 Å². The maximum Gasteiger partial charge on any atom is 0.408 e. The zero-order chi connectivity index (χ0) is 20.2. The zero-order valence-electron chi connectivity index (χ0n) is 15.9. The van der Waals surface area contributed by atoms with E-state index in [1.54, 1.807) is 0 Å². The first kappa shape index (κ1) is 22.8. The Morgan fingerprint density at radius 1 is 1.11 bits per heavy atom. The fraction of sp³-hybridized carbons (Fsp3) is 0.526. The molecule has 0 aliphatic rings. The standard InChI is InChI=1S/C19H28N2O5S/c1-13(2)11-16(18(23)24)20-17(22)15(9-10-27-3)21-19(25)26-12-14-7-5-4-6-8-14/h4-8,13,15-16H,9-12H2,1-3H3,(H,20,22)(H,21,25)(H,23,24)/t15-,16+/m0/s1. The highest BCUT2D eigenvalue weighted by molar-refractivity contribution is 7.98. The van der Waals surface area contributed by atoms with Crippen LogP contribution in [0.15, 0.2) is 30.3 Å². The molecule has 0 unspecified atom stereocenters. The molecule has 1 rings (SSSR count). The van der Waals surface area contributed by atoms with Crippen LogP contribution in [0.5, 0.6) is 0 Å². The van der Waals surface area contributed by atoms with Crippen LogP contribution in [0.3, 0.4) is 0 Å². The fourth-order valence-electron chi connectivity index (χ4n) is 2.38. The van der Waals surface area contributed by atoms with Gasteiger partial charge in [-0.3, -0.25) is 4.79 Å². The Kier molecular flexibility index (Phi) is 10.3. The van der Waals surface area contributed by atoms with Crippen LogP contribution in [0.4, 0.5) is 4.79 Å². The van der Waals surface area contributed by atoms with E-state index in [1.807, 2.05) is 50.4 Å². The van der Waals surface area contributed by atoms with Gasteiger partial charge >= 0.3 is 12.1 Å². The van der Waals surface area contributed by atoms with E-state index in [0.29, 0.717) is 18.6 Å². The number of hydrogen-bond donors (Lipinski definition) is 3. The van der Waals surface area contributed by atoms with Gasteiger partial charge in [-0.25, -0.2) is 9.59 Å². The first-order chi connectivity index (χ1) is 12.8. The average Bonchev–Trinajstić information content (AvgIpc) is 2.63. The van der Waals surface area contributed by atoms with Crippen molar-refractivity contribution < 1.29 is 24.2 Å². The summed E-state index contributed by atoms with van der Waals surface area (Å²) in [7, 11) is 0. The molecule has 0 fully saturated rings. The number of ether oxygens (including phenoxy) is 1. The Balaban J connectivity index is 2.65. The first-order valence-electron chi connectivity index (χ1n) is 8.82. The topological polar surface area (TPSA) is 105 Å². The van der Waals surface area contributed by atoms with Gasteiger partial charge < -0.3 is 20.5 Å². The van der Waals surface area contributed by atoms with Gasteiger partial charge in [0, 0.05) is 0 Å². The predicted molar refractivity (Wildman–Crippen MR) is 106 cm³/mol. The van der Waals surface area contributed by atoms with E-state index in [0.717, 1.165) is 5.56 Å². The van der Waals surface area contributed by atoms with E-state index in [2.05, 4.69) is 10.6 Å². The summed E-state index contributed by atoms with van der Waals surface area (Å²) in [6.07, 6.45) is 1.87. The number of hydrogen-bond acceptors (Lipinski definition) is 5. The Hall–Kier alpha value is -2.22. The van der Waals surface area contributed by atoms with Crippen LogP contribution in [-0.2, 0) is 20.9 Å². The van der Waals surface area contributed by atoms with Crippen LogP contribution < -0.4 is 10.6 Å². The number of alkyl carbamates (subject to hydrolysis) is 1. The maximum absolute atomic E-state index is 12.5. The molecule has 0 heterocycles. The van der Waals surface area contributed by atoms with Crippen molar-refractivity contribution in [1.82, 2.24) is 10.6 Å². The highest BCUT2D eigenvalue weighted by Gasteiger charge is 2.27. The number of carboxylic acids is 1. The molecule has 0 radical (unpaired) electrons. The van der Waals surface area contributed by atoms with E-state index in [1.165, 1.54) is 11.8 Å². The van der Waals surface area contributed by atoms with Crippen molar-refractivity contribution in [2.45, 2.75) is 45.4 Å². The molecular formula is C19H28N2O5S. The van der Waals surface area contributed by atoms with Gasteiger partial charge in [-0.1, -0.05) is 44.2 Å². The maximum atomic E-state index is 12.5. The quantitative estimate of drug-likeness (QED) is 0.531. The van der Waals surface area contributed by atoms with Gasteiger partial charge in [0.05, 0.1) is 0 Å². The minimum atomic E-state index is -1.09. The van der Waals surface area contributed by atoms with Crippen molar-refractivity contribution >= 4 is 29.7 Å². The molecule has 1 aromatic carbocycles. The van der Waals surface area contributed by atoms with Gasteiger partial charge in [0.1, 0.15) is 18.7 Å². The molecule has 2 atom stereocenters. The normalized spacial score (nSPS) is 12.9. The molecule has 1 aromatic rings. The van der Waals surface area contributed by atoms with Crippen molar-refractivity contribution in [1.29, 1.82) is 0 Å². The van der Waals surface area contributed by atoms with Crippen molar-refractivity contribution in [3.05, 3.63) is 35.9 Å². The van der Waals surface area contributed by atoms with Crippen molar-refractivity contribution in [3.8, 4) is 0 Å². The van der Waals surface area contributed by atoms with Gasteiger partial charge in [-0.05, 0) is 36.3 Å². The number of carbonyl (C=O) groups excluding carboxylic acids is 2. The summed E-state index contributed by atoms with van der Waals surface area (Å²) >= 11 is 1.53. The van der Waals surface area contributed by atoms with E-state index in [4.69, 9.17) is 4.74 Å². The van der Waals surface area contributed by atoms with Crippen molar-refractivity contribution in [2.24, 2.45) is 5.92 Å². The van der Waals surface area contributed by atoms with Gasteiger partial charge in [-0.15, -0.1) is 0 Å². The third-order valence-electron chi connectivity index (χ3n) is 3.75. The smallest absolute Gasteiger partial charge is 0.408 e. The summed E-state index contributed by atoms with van der Waals surface area (Å²) in [6, 6.07) is 7.36. The molecule has 7 nitrogen and oxygen atoms in total. The first-order valence-corrected chi connectivity index (χ1v) is 10.2. The van der Waals surface area contributed by atoms with Gasteiger partial charge in [0.15, 0.2) is 0 Å². The molecule has 0 bridgehead atoms. The Morgan fingerprint density at radius 3 is 2.33 bits per heavy atom. The van der Waals surface area contributed by atoms with Crippen molar-refractivity contribution in [2.75, 3.05) is 12.0 Å². The van der Waals surface area contributed by atoms with Crippen molar-refractivity contribution in [3.63, 3.8) is 0 Å². The lowest BCUT2D eigenvalue weighted by Crippen LogP contribution is -2.52. The summed E-state index contributed by atoms with van der Waals surface area (Å²) in [5, 5.41) is 14.3. The third-order valence-corrected chi connectivity index (χ3v) is 4.40. The number of benzene rings is 1. The number of carbonyl (C=O) groups is 3. The number of aliphatic carboxylic acids is 1. The fourth-order valence-corrected chi connectivity index (χ4v) is 2.85. The number of thioether (sulfide) groups is 1. The summed E-state index contributed by atoms with van der Waals surface area (Å²) in [5.74, 6) is -0.861. The lowest BCUT2D eigenvalue weighted by Gasteiger charge is -2.22. The Bertz CT molecular complexity index is 609. The molecule has 150 valence electrons. The van der Waals surface area contributed by atoms with Crippen LogP contribution in [0.2, 0.25) is 0 Å². The second kappa shape index (κ2) is 12.2. The van der Waals surface area contributed by atoms with Crippen LogP contribution in [-0.4, -0.2) is 47.2 Å². The summed E-state index contributed by atoms with van der Waals surface area (Å²) in [6.45, 7) is 3.85. The number of carboxylic acid groups (broad SMARTS) is 1. The van der Waals surface area contributed by atoms with E-state index < -0.39 is 30.1 Å². The SMILES string of the molecule is CSCC[C@H](NC(=O)OCc1ccccc1)C(=O)N[C@H](CC(C)C)C(=O)O. The highest BCUT2D eigenvalue weighted by Crippen LogP contribution is 2.08. The molecule has 2 amide bonds. The molecule has 27 heavy (non-hydrogen) atoms. The largest absolute Gasteiger partial charge is 0.480 e. The lowest BCUT2D eigenvalue weighted by atomic mass is 10.0. The number of nitrogens with one attached hydrogen (secondary N) is 2. The molecule has 0 aliphatic carbocycles. The third kappa shape index (κ3) is 9.33. The molecular weight excluding hydrogens is 368 g/mol. The summed E-state index contributed by atoms with van der Waals surface area (Å²) in [5.41, 5.74) is 0.834. The lowest BCUT2D eigenvalue weighted by molar-refractivity contribution is -0.142. The Morgan fingerprint density at radius 2 is 1.78 bits per heavy atom. The molecule has 0 saturated carbocycles. The van der Waals surface area contributed by atoms with Crippen LogP contribution in [0.1, 0.15) is 32.3 Å². The molecule has 3 N–H and O–H groups in total. The van der Waals surface area contributed by atoms with E-state index in [9.17, 15) is 19.5 Å².